The summed E-state index contributed by atoms with van der Waals surface area (Å²) < 4.78 is 1.74. The molecule has 6 rings (SSSR count). The van der Waals surface area contributed by atoms with Crippen LogP contribution >= 0.6 is 0 Å². The van der Waals surface area contributed by atoms with Crippen LogP contribution < -0.4 is 5.32 Å². The maximum absolute atomic E-state index is 13.8. The smallest absolute Gasteiger partial charge is 0.265 e. The molecule has 1 N–H and O–H groups in total. The molecule has 0 radical (unpaired) electrons. The van der Waals surface area contributed by atoms with E-state index in [2.05, 4.69) is 5.32 Å². The van der Waals surface area contributed by atoms with Crippen molar-refractivity contribution in [3.8, 4) is 16.9 Å². The third-order valence-corrected chi connectivity index (χ3v) is 7.09. The van der Waals surface area contributed by atoms with Crippen LogP contribution in [0, 0.1) is 16.0 Å². The number of para-hydroxylation sites is 1. The van der Waals surface area contributed by atoms with Gasteiger partial charge in [-0.1, -0.05) is 84.9 Å². The number of ketones is 1. The summed E-state index contributed by atoms with van der Waals surface area (Å²) in [5, 5.41) is 19.2. The van der Waals surface area contributed by atoms with Crippen LogP contribution in [-0.4, -0.2) is 32.4 Å². The van der Waals surface area contributed by atoms with Crippen LogP contribution in [0.2, 0.25) is 0 Å². The van der Waals surface area contributed by atoms with Crippen molar-refractivity contribution in [1.82, 2.24) is 15.1 Å². The normalized spacial score (nSPS) is 18.1. The largest absolute Gasteiger partial charge is 0.345 e. The van der Waals surface area contributed by atoms with Gasteiger partial charge in [0.25, 0.3) is 11.6 Å². The van der Waals surface area contributed by atoms with Crippen molar-refractivity contribution in [2.75, 3.05) is 0 Å². The zero-order chi connectivity index (χ0) is 28.3. The van der Waals surface area contributed by atoms with Gasteiger partial charge in [-0.3, -0.25) is 19.7 Å². The van der Waals surface area contributed by atoms with Gasteiger partial charge < -0.3 is 5.32 Å². The minimum Gasteiger partial charge on any atom is -0.345 e. The van der Waals surface area contributed by atoms with E-state index in [4.69, 9.17) is 5.10 Å². The van der Waals surface area contributed by atoms with Crippen LogP contribution in [-0.2, 0) is 9.59 Å². The van der Waals surface area contributed by atoms with Gasteiger partial charge in [-0.05, 0) is 41.5 Å². The fraction of sp³-hybridized carbons (Fsp3) is 0.0606. The SMILES string of the molecule is O=C(C=Cc1cc(-c2ccccc2)nn1-c1ccccc1)C1=C(c2ccccc2)C2C=C([N+](=O)[O-])C=CC2NC1=O. The molecular weight excluding hydrogens is 516 g/mol. The highest BCUT2D eigenvalue weighted by Crippen LogP contribution is 2.37. The fourth-order valence-corrected chi connectivity index (χ4v) is 5.18. The van der Waals surface area contributed by atoms with Gasteiger partial charge in [-0.2, -0.15) is 5.10 Å². The molecule has 1 aliphatic carbocycles. The van der Waals surface area contributed by atoms with Crippen molar-refractivity contribution in [3.05, 3.63) is 154 Å². The van der Waals surface area contributed by atoms with Crippen LogP contribution in [0.4, 0.5) is 0 Å². The van der Waals surface area contributed by atoms with Gasteiger partial charge in [-0.15, -0.1) is 0 Å². The van der Waals surface area contributed by atoms with E-state index in [1.54, 1.807) is 29.0 Å². The van der Waals surface area contributed by atoms with E-state index in [0.717, 1.165) is 16.9 Å². The number of nitrogens with zero attached hydrogens (tertiary/aromatic N) is 3. The van der Waals surface area contributed by atoms with Crippen LogP contribution in [0.15, 0.2) is 133 Å². The molecule has 0 bridgehead atoms. The average Bonchev–Trinajstić information content (AvgIpc) is 3.44. The summed E-state index contributed by atoms with van der Waals surface area (Å²) in [4.78, 5) is 38.2. The summed E-state index contributed by atoms with van der Waals surface area (Å²) in [6, 6.07) is 29.7. The van der Waals surface area contributed by atoms with Crippen molar-refractivity contribution in [2.24, 2.45) is 5.92 Å². The molecule has 4 aromatic rings. The number of carbonyl (C=O) groups excluding carboxylic acids is 2. The minimum absolute atomic E-state index is 0.0444. The summed E-state index contributed by atoms with van der Waals surface area (Å²) >= 11 is 0. The van der Waals surface area contributed by atoms with Crippen molar-refractivity contribution >= 4 is 23.3 Å². The number of fused-ring (bicyclic) bond motifs is 1. The third kappa shape index (κ3) is 5.06. The summed E-state index contributed by atoms with van der Waals surface area (Å²) in [5.41, 5.74) is 4.11. The van der Waals surface area contributed by atoms with Crippen molar-refractivity contribution in [3.63, 3.8) is 0 Å². The highest BCUT2D eigenvalue weighted by Gasteiger charge is 2.39. The molecule has 1 aromatic heterocycles. The molecule has 0 saturated heterocycles. The van der Waals surface area contributed by atoms with Crippen LogP contribution in [0.1, 0.15) is 11.3 Å². The Kier molecular flexibility index (Phi) is 6.79. The third-order valence-electron chi connectivity index (χ3n) is 7.09. The Hall–Kier alpha value is -5.63. The lowest BCUT2D eigenvalue weighted by Crippen LogP contribution is -2.46. The molecule has 8 nitrogen and oxygen atoms in total. The molecule has 1 amide bonds. The Bertz CT molecular complexity index is 1770. The van der Waals surface area contributed by atoms with E-state index in [1.165, 1.54) is 18.2 Å². The second-order valence-corrected chi connectivity index (χ2v) is 9.65. The number of carbonyl (C=O) groups is 2. The Morgan fingerprint density at radius 1 is 0.927 bits per heavy atom. The number of amides is 1. The van der Waals surface area contributed by atoms with E-state index < -0.39 is 28.6 Å². The highest BCUT2D eigenvalue weighted by molar-refractivity contribution is 6.29. The topological polar surface area (TPSA) is 107 Å². The fourth-order valence-electron chi connectivity index (χ4n) is 5.18. The molecule has 3 aromatic carbocycles. The molecule has 2 unspecified atom stereocenters. The zero-order valence-electron chi connectivity index (χ0n) is 21.8. The van der Waals surface area contributed by atoms with Crippen LogP contribution in [0.5, 0.6) is 0 Å². The Morgan fingerprint density at radius 3 is 2.22 bits per heavy atom. The number of allylic oxidation sites excluding steroid dienone is 2. The number of nitro groups is 1. The van der Waals surface area contributed by atoms with Crippen molar-refractivity contribution < 1.29 is 14.5 Å². The Labute approximate surface area is 235 Å². The van der Waals surface area contributed by atoms with Gasteiger partial charge in [-0.25, -0.2) is 4.68 Å². The Balaban J connectivity index is 1.45. The first-order valence-corrected chi connectivity index (χ1v) is 13.1. The molecule has 0 spiro atoms. The lowest BCUT2D eigenvalue weighted by Gasteiger charge is -2.33. The molecule has 41 heavy (non-hydrogen) atoms. The molecule has 0 fully saturated rings. The monoisotopic (exact) mass is 540 g/mol. The van der Waals surface area contributed by atoms with Gasteiger partial charge in [0.2, 0.25) is 0 Å². The Morgan fingerprint density at radius 2 is 1.56 bits per heavy atom. The van der Waals surface area contributed by atoms with E-state index in [0.29, 0.717) is 16.8 Å². The lowest BCUT2D eigenvalue weighted by molar-refractivity contribution is -0.419. The summed E-state index contributed by atoms with van der Waals surface area (Å²) in [5.74, 6) is -1.61. The number of nitrogens with one attached hydrogen (secondary N) is 1. The van der Waals surface area contributed by atoms with E-state index in [1.807, 2.05) is 84.9 Å². The van der Waals surface area contributed by atoms with Gasteiger partial charge >= 0.3 is 0 Å². The molecule has 2 aliphatic rings. The highest BCUT2D eigenvalue weighted by atomic mass is 16.6. The summed E-state index contributed by atoms with van der Waals surface area (Å²) in [7, 11) is 0. The average molecular weight is 541 g/mol. The predicted molar refractivity (Wildman–Crippen MR) is 156 cm³/mol. The van der Waals surface area contributed by atoms with Crippen molar-refractivity contribution in [1.29, 1.82) is 0 Å². The predicted octanol–water partition coefficient (Wildman–Crippen LogP) is 5.42. The van der Waals surface area contributed by atoms with E-state index in [-0.39, 0.29) is 11.3 Å². The minimum atomic E-state index is -0.577. The van der Waals surface area contributed by atoms with Gasteiger partial charge in [0.05, 0.1) is 33.6 Å². The van der Waals surface area contributed by atoms with Gasteiger partial charge in [0.1, 0.15) is 0 Å². The first kappa shape index (κ1) is 25.6. The van der Waals surface area contributed by atoms with E-state index in [9.17, 15) is 19.7 Å². The first-order valence-electron chi connectivity index (χ1n) is 13.1. The molecular formula is C33H24N4O4. The van der Waals surface area contributed by atoms with E-state index >= 15 is 0 Å². The lowest BCUT2D eigenvalue weighted by atomic mass is 9.77. The number of aromatic nitrogens is 2. The number of rotatable bonds is 7. The second kappa shape index (κ2) is 10.9. The number of hydrogen-bond acceptors (Lipinski definition) is 5. The van der Waals surface area contributed by atoms with Crippen LogP contribution in [0.3, 0.4) is 0 Å². The molecule has 2 heterocycles. The molecule has 1 aliphatic heterocycles. The van der Waals surface area contributed by atoms with Crippen molar-refractivity contribution in [2.45, 2.75) is 6.04 Å². The van der Waals surface area contributed by atoms with Crippen LogP contribution in [0.25, 0.3) is 28.6 Å². The maximum Gasteiger partial charge on any atom is 0.265 e. The standard InChI is InChI=1S/C33H24N4O4/c38-30(19-17-25-21-29(22-10-4-1-5-11-22)35-36(25)24-14-8-3-9-15-24)32-31(23-12-6-2-7-13-23)27-20-26(37(40)41)16-18-28(27)34-33(32)39/h1-21,27-28H,(H,34,39). The molecule has 200 valence electrons. The van der Waals surface area contributed by atoms with Gasteiger partial charge in [0.15, 0.2) is 5.78 Å². The molecule has 2 atom stereocenters. The number of hydrogen-bond donors (Lipinski definition) is 1. The number of benzene rings is 3. The second-order valence-electron chi connectivity index (χ2n) is 9.65. The van der Waals surface area contributed by atoms with Gasteiger partial charge in [0, 0.05) is 23.6 Å². The molecule has 8 heteroatoms. The quantitative estimate of drug-likeness (QED) is 0.146. The maximum atomic E-state index is 13.8. The summed E-state index contributed by atoms with van der Waals surface area (Å²) in [6.07, 6.45) is 7.49. The first-order chi connectivity index (χ1) is 20.0. The zero-order valence-corrected chi connectivity index (χ0v) is 21.8. The summed E-state index contributed by atoms with van der Waals surface area (Å²) in [6.45, 7) is 0. The molecule has 0 saturated carbocycles.